The second-order valence-electron chi connectivity index (χ2n) is 4.92. The van der Waals surface area contributed by atoms with Crippen LogP contribution in [-0.2, 0) is 6.54 Å². The molecule has 0 radical (unpaired) electrons. The first-order valence-electron chi connectivity index (χ1n) is 6.98. The third-order valence-corrected chi connectivity index (χ3v) is 3.47. The lowest BCUT2D eigenvalue weighted by Crippen LogP contribution is -2.24. The van der Waals surface area contributed by atoms with Gasteiger partial charge in [-0.1, -0.05) is 12.1 Å². The molecule has 0 aliphatic heterocycles. The second-order valence-corrected chi connectivity index (χ2v) is 4.92. The summed E-state index contributed by atoms with van der Waals surface area (Å²) < 4.78 is 7.07. The first-order valence-corrected chi connectivity index (χ1v) is 6.98. The highest BCUT2D eigenvalue weighted by atomic mass is 16.3. The van der Waals surface area contributed by atoms with Gasteiger partial charge in [0.2, 0.25) is 0 Å². The van der Waals surface area contributed by atoms with Crippen LogP contribution in [0, 0.1) is 6.92 Å². The number of hydrogen-bond acceptors (Lipinski definition) is 3. The van der Waals surface area contributed by atoms with Crippen LogP contribution in [0.15, 0.2) is 47.3 Å². The molecule has 5 heteroatoms. The number of carbonyl (C=O) groups excluding carboxylic acids is 1. The van der Waals surface area contributed by atoms with E-state index >= 15 is 0 Å². The first-order chi connectivity index (χ1) is 10.3. The summed E-state index contributed by atoms with van der Waals surface area (Å²) in [5.41, 5.74) is 2.70. The molecule has 2 heterocycles. The Balaban J connectivity index is 1.57. The molecule has 0 spiro atoms. The van der Waals surface area contributed by atoms with E-state index in [1.807, 2.05) is 25.1 Å². The minimum atomic E-state index is -0.101. The maximum atomic E-state index is 11.8. The number of para-hydroxylation sites is 2. The van der Waals surface area contributed by atoms with Gasteiger partial charge in [0.05, 0.1) is 22.9 Å². The zero-order valence-corrected chi connectivity index (χ0v) is 11.9. The topological polar surface area (TPSA) is 60.1 Å². The number of amides is 1. The zero-order valence-electron chi connectivity index (χ0n) is 11.9. The summed E-state index contributed by atoms with van der Waals surface area (Å²) in [5.74, 6) is 0.897. The molecular weight excluding hydrogens is 266 g/mol. The second kappa shape index (κ2) is 5.83. The van der Waals surface area contributed by atoms with Crippen molar-refractivity contribution in [2.45, 2.75) is 19.9 Å². The van der Waals surface area contributed by atoms with E-state index in [1.165, 1.54) is 12.5 Å². The van der Waals surface area contributed by atoms with Gasteiger partial charge in [0.1, 0.15) is 12.1 Å². The van der Waals surface area contributed by atoms with Gasteiger partial charge in [0.15, 0.2) is 0 Å². The molecule has 0 aliphatic carbocycles. The fraction of sp³-hybridized carbons (Fsp3) is 0.250. The van der Waals surface area contributed by atoms with Gasteiger partial charge in [0, 0.05) is 13.1 Å². The summed E-state index contributed by atoms with van der Waals surface area (Å²) >= 11 is 0. The summed E-state index contributed by atoms with van der Waals surface area (Å²) in [4.78, 5) is 16.3. The molecule has 0 atom stereocenters. The minimum absolute atomic E-state index is 0.101. The monoisotopic (exact) mass is 283 g/mol. The van der Waals surface area contributed by atoms with E-state index in [-0.39, 0.29) is 5.91 Å². The molecule has 0 fully saturated rings. The summed E-state index contributed by atoms with van der Waals surface area (Å²) in [6.45, 7) is 3.46. The zero-order chi connectivity index (χ0) is 14.7. The maximum absolute atomic E-state index is 11.8. The van der Waals surface area contributed by atoms with E-state index in [2.05, 4.69) is 20.9 Å². The molecule has 0 aliphatic rings. The van der Waals surface area contributed by atoms with Crippen molar-refractivity contribution < 1.29 is 9.21 Å². The molecule has 0 bridgehead atoms. The Labute approximate surface area is 122 Å². The molecule has 0 unspecified atom stereocenters. The van der Waals surface area contributed by atoms with Crippen LogP contribution in [0.5, 0.6) is 0 Å². The van der Waals surface area contributed by atoms with Crippen LogP contribution in [0.1, 0.15) is 22.6 Å². The van der Waals surface area contributed by atoms with Gasteiger partial charge in [-0.15, -0.1) is 0 Å². The predicted molar refractivity (Wildman–Crippen MR) is 80.1 cm³/mol. The minimum Gasteiger partial charge on any atom is -0.472 e. The van der Waals surface area contributed by atoms with E-state index in [0.717, 1.165) is 29.8 Å². The Morgan fingerprint density at radius 1 is 1.33 bits per heavy atom. The van der Waals surface area contributed by atoms with E-state index in [1.54, 1.807) is 6.07 Å². The molecule has 0 saturated heterocycles. The Hall–Kier alpha value is -2.56. The highest BCUT2D eigenvalue weighted by Crippen LogP contribution is 2.15. The lowest BCUT2D eigenvalue weighted by molar-refractivity contribution is 0.0952. The van der Waals surface area contributed by atoms with Crippen LogP contribution in [-0.4, -0.2) is 22.0 Å². The van der Waals surface area contributed by atoms with Gasteiger partial charge in [0.25, 0.3) is 5.91 Å². The lowest BCUT2D eigenvalue weighted by Gasteiger charge is -2.07. The number of carbonyl (C=O) groups is 1. The van der Waals surface area contributed by atoms with Crippen molar-refractivity contribution in [3.8, 4) is 0 Å². The van der Waals surface area contributed by atoms with Crippen molar-refractivity contribution in [3.63, 3.8) is 0 Å². The maximum Gasteiger partial charge on any atom is 0.254 e. The quantitative estimate of drug-likeness (QED) is 0.732. The summed E-state index contributed by atoms with van der Waals surface area (Å²) in [6, 6.07) is 9.74. The fourth-order valence-corrected chi connectivity index (χ4v) is 2.41. The molecule has 108 valence electrons. The molecular formula is C16H17N3O2. The van der Waals surface area contributed by atoms with Crippen LogP contribution in [0.25, 0.3) is 11.0 Å². The molecule has 1 amide bonds. The molecule has 3 rings (SSSR count). The van der Waals surface area contributed by atoms with Crippen LogP contribution < -0.4 is 5.32 Å². The van der Waals surface area contributed by atoms with Crippen LogP contribution in [0.4, 0.5) is 0 Å². The van der Waals surface area contributed by atoms with E-state index in [9.17, 15) is 4.79 Å². The average Bonchev–Trinajstić information content (AvgIpc) is 3.11. The van der Waals surface area contributed by atoms with Crippen molar-refractivity contribution in [2.75, 3.05) is 6.54 Å². The number of hydrogen-bond donors (Lipinski definition) is 1. The van der Waals surface area contributed by atoms with E-state index < -0.39 is 0 Å². The standard InChI is InChI=1S/C16H17N3O2/c1-12-18-14-5-2-3-6-15(14)19(12)9-4-8-17-16(20)13-7-10-21-11-13/h2-3,5-7,10-11H,4,8-9H2,1H3,(H,17,20). The number of nitrogens with one attached hydrogen (secondary N) is 1. The van der Waals surface area contributed by atoms with E-state index in [0.29, 0.717) is 12.1 Å². The fourth-order valence-electron chi connectivity index (χ4n) is 2.41. The molecule has 3 aromatic rings. The molecule has 0 saturated carbocycles. The van der Waals surface area contributed by atoms with Gasteiger partial charge < -0.3 is 14.3 Å². The number of aromatic nitrogens is 2. The number of benzene rings is 1. The highest BCUT2D eigenvalue weighted by Gasteiger charge is 2.08. The number of fused-ring (bicyclic) bond motifs is 1. The Kier molecular flexibility index (Phi) is 3.73. The molecule has 21 heavy (non-hydrogen) atoms. The van der Waals surface area contributed by atoms with Crippen molar-refractivity contribution in [2.24, 2.45) is 0 Å². The largest absolute Gasteiger partial charge is 0.472 e. The Morgan fingerprint density at radius 3 is 3.00 bits per heavy atom. The third kappa shape index (κ3) is 2.81. The van der Waals surface area contributed by atoms with Crippen molar-refractivity contribution in [1.29, 1.82) is 0 Å². The molecule has 5 nitrogen and oxygen atoms in total. The van der Waals surface area contributed by atoms with Crippen LogP contribution in [0.3, 0.4) is 0 Å². The SMILES string of the molecule is Cc1nc2ccccc2n1CCCNC(=O)c1ccoc1. The van der Waals surface area contributed by atoms with Crippen LogP contribution >= 0.6 is 0 Å². The van der Waals surface area contributed by atoms with Crippen molar-refractivity contribution in [3.05, 3.63) is 54.2 Å². The number of furan rings is 1. The molecule has 1 N–H and O–H groups in total. The Bertz CT molecular complexity index is 744. The Morgan fingerprint density at radius 2 is 2.19 bits per heavy atom. The van der Waals surface area contributed by atoms with Gasteiger partial charge in [-0.2, -0.15) is 0 Å². The third-order valence-electron chi connectivity index (χ3n) is 3.47. The first kappa shape index (κ1) is 13.4. The lowest BCUT2D eigenvalue weighted by atomic mass is 10.3. The summed E-state index contributed by atoms with van der Waals surface area (Å²) in [6.07, 6.45) is 3.80. The predicted octanol–water partition coefficient (Wildman–Crippen LogP) is 2.76. The average molecular weight is 283 g/mol. The van der Waals surface area contributed by atoms with Gasteiger partial charge in [-0.3, -0.25) is 4.79 Å². The van der Waals surface area contributed by atoms with Gasteiger partial charge in [-0.05, 0) is 31.5 Å². The van der Waals surface area contributed by atoms with Gasteiger partial charge in [-0.25, -0.2) is 4.98 Å². The highest BCUT2D eigenvalue weighted by molar-refractivity contribution is 5.93. The van der Waals surface area contributed by atoms with Crippen molar-refractivity contribution >= 4 is 16.9 Å². The number of nitrogens with zero attached hydrogens (tertiary/aromatic N) is 2. The smallest absolute Gasteiger partial charge is 0.254 e. The number of imidazole rings is 1. The van der Waals surface area contributed by atoms with Crippen LogP contribution in [0.2, 0.25) is 0 Å². The molecule has 1 aromatic carbocycles. The van der Waals surface area contributed by atoms with E-state index in [4.69, 9.17) is 4.42 Å². The normalized spacial score (nSPS) is 10.9. The van der Waals surface area contributed by atoms with Gasteiger partial charge >= 0.3 is 0 Å². The number of rotatable bonds is 5. The summed E-state index contributed by atoms with van der Waals surface area (Å²) in [5, 5.41) is 2.88. The molecule has 2 aromatic heterocycles. The van der Waals surface area contributed by atoms with Crippen molar-refractivity contribution in [1.82, 2.24) is 14.9 Å². The number of aryl methyl sites for hydroxylation is 2. The summed E-state index contributed by atoms with van der Waals surface area (Å²) in [7, 11) is 0.